The first-order valence-electron chi connectivity index (χ1n) is 8.93. The van der Waals surface area contributed by atoms with Gasteiger partial charge in [-0.3, -0.25) is 4.79 Å². The third-order valence-electron chi connectivity index (χ3n) is 4.24. The van der Waals surface area contributed by atoms with E-state index < -0.39 is 0 Å². The number of hydrogen-bond acceptors (Lipinski definition) is 5. The van der Waals surface area contributed by atoms with E-state index in [0.717, 1.165) is 16.9 Å². The predicted molar refractivity (Wildman–Crippen MR) is 102 cm³/mol. The van der Waals surface area contributed by atoms with Crippen LogP contribution < -0.4 is 10.1 Å². The number of hydrogen-bond donors (Lipinski definition) is 1. The summed E-state index contributed by atoms with van der Waals surface area (Å²) in [5, 5.41) is 6.88. The number of aryl methyl sites for hydroxylation is 2. The van der Waals surface area contributed by atoms with E-state index >= 15 is 0 Å². The van der Waals surface area contributed by atoms with Crippen molar-refractivity contribution in [3.63, 3.8) is 0 Å². The van der Waals surface area contributed by atoms with Crippen molar-refractivity contribution in [1.29, 1.82) is 0 Å². The molecule has 27 heavy (non-hydrogen) atoms. The van der Waals surface area contributed by atoms with Crippen LogP contribution in [0.5, 0.6) is 5.75 Å². The van der Waals surface area contributed by atoms with Crippen LogP contribution in [0.15, 0.2) is 53.1 Å². The molecular formula is C21H23N3O3. The van der Waals surface area contributed by atoms with Crippen molar-refractivity contribution in [3.8, 4) is 17.1 Å². The normalized spacial score (nSPS) is 10.6. The highest BCUT2D eigenvalue weighted by Gasteiger charge is 2.09. The van der Waals surface area contributed by atoms with Crippen molar-refractivity contribution in [2.75, 3.05) is 13.7 Å². The van der Waals surface area contributed by atoms with Gasteiger partial charge in [-0.2, -0.15) is 4.98 Å². The summed E-state index contributed by atoms with van der Waals surface area (Å²) in [6.45, 7) is 2.50. The van der Waals surface area contributed by atoms with Gasteiger partial charge >= 0.3 is 0 Å². The lowest BCUT2D eigenvalue weighted by molar-refractivity contribution is -0.121. The van der Waals surface area contributed by atoms with E-state index in [0.29, 0.717) is 37.5 Å². The second-order valence-electron chi connectivity index (χ2n) is 6.33. The Hall–Kier alpha value is -3.15. The fourth-order valence-corrected chi connectivity index (χ4v) is 2.62. The van der Waals surface area contributed by atoms with Gasteiger partial charge in [0.05, 0.1) is 7.11 Å². The number of ether oxygens (including phenoxy) is 1. The highest BCUT2D eigenvalue weighted by molar-refractivity contribution is 5.76. The fourth-order valence-electron chi connectivity index (χ4n) is 2.62. The minimum absolute atomic E-state index is 0.00379. The molecule has 0 radical (unpaired) electrons. The molecule has 0 aliphatic rings. The van der Waals surface area contributed by atoms with Gasteiger partial charge in [-0.25, -0.2) is 0 Å². The maximum atomic E-state index is 12.0. The first-order valence-corrected chi connectivity index (χ1v) is 8.93. The van der Waals surface area contributed by atoms with Gasteiger partial charge in [-0.1, -0.05) is 47.1 Å². The lowest BCUT2D eigenvalue weighted by Gasteiger charge is -2.05. The summed E-state index contributed by atoms with van der Waals surface area (Å²) < 4.78 is 10.4. The fraction of sp³-hybridized carbons (Fsp3) is 0.286. The van der Waals surface area contributed by atoms with Gasteiger partial charge < -0.3 is 14.6 Å². The molecule has 1 N–H and O–H groups in total. The molecule has 6 nitrogen and oxygen atoms in total. The third kappa shape index (κ3) is 5.41. The van der Waals surface area contributed by atoms with Crippen molar-refractivity contribution in [2.24, 2.45) is 0 Å². The number of carbonyl (C=O) groups is 1. The molecule has 0 fully saturated rings. The quantitative estimate of drug-likeness (QED) is 0.662. The molecule has 0 spiro atoms. The molecule has 3 rings (SSSR count). The predicted octanol–water partition coefficient (Wildman–Crippen LogP) is 3.35. The second-order valence-corrected chi connectivity index (χ2v) is 6.33. The highest BCUT2D eigenvalue weighted by atomic mass is 16.5. The van der Waals surface area contributed by atoms with Crippen LogP contribution in [0.1, 0.15) is 23.4 Å². The topological polar surface area (TPSA) is 77.2 Å². The Kier molecular flexibility index (Phi) is 6.20. The van der Waals surface area contributed by atoms with Gasteiger partial charge in [0.25, 0.3) is 0 Å². The van der Waals surface area contributed by atoms with Crippen molar-refractivity contribution >= 4 is 5.91 Å². The van der Waals surface area contributed by atoms with Gasteiger partial charge in [0, 0.05) is 24.9 Å². The SMILES string of the molecule is COc1ccc(CCC(=O)NCCc2nc(-c3ccc(C)cc3)no2)cc1. The van der Waals surface area contributed by atoms with Gasteiger partial charge in [0.2, 0.25) is 17.6 Å². The number of methoxy groups -OCH3 is 1. The molecule has 1 amide bonds. The largest absolute Gasteiger partial charge is 0.497 e. The molecule has 0 bridgehead atoms. The van der Waals surface area contributed by atoms with E-state index in [1.807, 2.05) is 55.5 Å². The zero-order chi connectivity index (χ0) is 19.1. The van der Waals surface area contributed by atoms with Crippen LogP contribution >= 0.6 is 0 Å². The van der Waals surface area contributed by atoms with Crippen molar-refractivity contribution in [3.05, 3.63) is 65.5 Å². The van der Waals surface area contributed by atoms with Crippen LogP contribution in [-0.2, 0) is 17.6 Å². The molecule has 2 aromatic carbocycles. The number of benzene rings is 2. The van der Waals surface area contributed by atoms with Crippen LogP contribution in [0, 0.1) is 6.92 Å². The molecule has 1 heterocycles. The van der Waals surface area contributed by atoms with E-state index in [2.05, 4.69) is 15.5 Å². The van der Waals surface area contributed by atoms with E-state index in [4.69, 9.17) is 9.26 Å². The maximum absolute atomic E-state index is 12.0. The third-order valence-corrected chi connectivity index (χ3v) is 4.24. The number of nitrogens with one attached hydrogen (secondary N) is 1. The standard InChI is InChI=1S/C21H23N3O3/c1-15-3-8-17(9-4-15)21-23-20(27-24-21)13-14-22-19(25)12-7-16-5-10-18(26-2)11-6-16/h3-6,8-11H,7,12-14H2,1-2H3,(H,22,25). The molecule has 140 valence electrons. The zero-order valence-electron chi connectivity index (χ0n) is 15.6. The van der Waals surface area contributed by atoms with Crippen molar-refractivity contribution < 1.29 is 14.1 Å². The molecule has 3 aromatic rings. The molecule has 0 aliphatic heterocycles. The monoisotopic (exact) mass is 365 g/mol. The molecular weight excluding hydrogens is 342 g/mol. The summed E-state index contributed by atoms with van der Waals surface area (Å²) in [6.07, 6.45) is 1.63. The smallest absolute Gasteiger partial charge is 0.228 e. The maximum Gasteiger partial charge on any atom is 0.228 e. The molecule has 0 aliphatic carbocycles. The minimum atomic E-state index is 0.00379. The number of nitrogens with zero attached hydrogens (tertiary/aromatic N) is 2. The summed E-state index contributed by atoms with van der Waals surface area (Å²) in [5.74, 6) is 1.90. The average molecular weight is 365 g/mol. The lowest BCUT2D eigenvalue weighted by Crippen LogP contribution is -2.25. The first kappa shape index (κ1) is 18.6. The van der Waals surface area contributed by atoms with Gasteiger partial charge in [0.1, 0.15) is 5.75 Å². The van der Waals surface area contributed by atoms with Gasteiger partial charge in [0.15, 0.2) is 0 Å². The van der Waals surface area contributed by atoms with Crippen LogP contribution in [0.2, 0.25) is 0 Å². The summed E-state index contributed by atoms with van der Waals surface area (Å²) in [6, 6.07) is 15.7. The van der Waals surface area contributed by atoms with Crippen LogP contribution in [-0.4, -0.2) is 29.7 Å². The first-order chi connectivity index (χ1) is 13.1. The van der Waals surface area contributed by atoms with Crippen molar-refractivity contribution in [1.82, 2.24) is 15.5 Å². The number of aromatic nitrogens is 2. The number of carbonyl (C=O) groups excluding carboxylic acids is 1. The highest BCUT2D eigenvalue weighted by Crippen LogP contribution is 2.16. The summed E-state index contributed by atoms with van der Waals surface area (Å²) in [4.78, 5) is 16.4. The Morgan fingerprint density at radius 1 is 1.07 bits per heavy atom. The Morgan fingerprint density at radius 2 is 1.81 bits per heavy atom. The molecule has 0 unspecified atom stereocenters. The van der Waals surface area contributed by atoms with Gasteiger partial charge in [-0.15, -0.1) is 0 Å². The molecule has 0 atom stereocenters. The molecule has 6 heteroatoms. The van der Waals surface area contributed by atoms with E-state index in [1.165, 1.54) is 5.56 Å². The Labute approximate surface area is 158 Å². The molecule has 1 aromatic heterocycles. The van der Waals surface area contributed by atoms with E-state index in [9.17, 15) is 4.79 Å². The summed E-state index contributed by atoms with van der Waals surface area (Å²) in [7, 11) is 1.63. The number of amides is 1. The zero-order valence-corrected chi connectivity index (χ0v) is 15.6. The van der Waals surface area contributed by atoms with Crippen LogP contribution in [0.4, 0.5) is 0 Å². The Bertz CT molecular complexity index is 870. The summed E-state index contributed by atoms with van der Waals surface area (Å²) >= 11 is 0. The van der Waals surface area contributed by atoms with E-state index in [-0.39, 0.29) is 5.91 Å². The lowest BCUT2D eigenvalue weighted by atomic mass is 10.1. The molecule has 0 saturated carbocycles. The average Bonchev–Trinajstić information content (AvgIpc) is 3.16. The minimum Gasteiger partial charge on any atom is -0.497 e. The van der Waals surface area contributed by atoms with Gasteiger partial charge in [-0.05, 0) is 31.0 Å². The van der Waals surface area contributed by atoms with Crippen LogP contribution in [0.3, 0.4) is 0 Å². The Balaban J connectivity index is 1.41. The summed E-state index contributed by atoms with van der Waals surface area (Å²) in [5.41, 5.74) is 3.20. The van der Waals surface area contributed by atoms with Crippen LogP contribution in [0.25, 0.3) is 11.4 Å². The molecule has 0 saturated heterocycles. The second kappa shape index (κ2) is 8.98. The van der Waals surface area contributed by atoms with Crippen molar-refractivity contribution in [2.45, 2.75) is 26.2 Å². The Morgan fingerprint density at radius 3 is 2.52 bits per heavy atom. The number of rotatable bonds is 8. The van der Waals surface area contributed by atoms with E-state index in [1.54, 1.807) is 7.11 Å².